The van der Waals surface area contributed by atoms with Crippen LogP contribution in [0.25, 0.3) is 0 Å². The Morgan fingerprint density at radius 3 is 2.23 bits per heavy atom. The third-order valence-electron chi connectivity index (χ3n) is 4.93. The normalized spacial score (nSPS) is 22.3. The number of likely N-dealkylation sites (tertiary alicyclic amines) is 2. The second-order valence-electron chi connectivity index (χ2n) is 6.41. The fraction of sp³-hybridized carbons (Fsp3) is 0.647. The van der Waals surface area contributed by atoms with Gasteiger partial charge in [0.2, 0.25) is 0 Å². The van der Waals surface area contributed by atoms with Gasteiger partial charge in [-0.3, -0.25) is 4.90 Å². The maximum absolute atomic E-state index is 13.0. The first-order valence-corrected chi connectivity index (χ1v) is 8.15. The van der Waals surface area contributed by atoms with Gasteiger partial charge in [0.15, 0.2) is 0 Å². The maximum Gasteiger partial charge on any atom is 0.416 e. The van der Waals surface area contributed by atoms with Gasteiger partial charge in [0.1, 0.15) is 0 Å². The highest BCUT2D eigenvalue weighted by Crippen LogP contribution is 2.33. The molecule has 22 heavy (non-hydrogen) atoms. The van der Waals surface area contributed by atoms with Gasteiger partial charge < -0.3 is 4.90 Å². The average Bonchev–Trinajstić information content (AvgIpc) is 3.02. The number of hydrogen-bond acceptors (Lipinski definition) is 2. The Morgan fingerprint density at radius 1 is 0.955 bits per heavy atom. The molecule has 0 bridgehead atoms. The molecule has 0 spiro atoms. The molecule has 1 aromatic carbocycles. The van der Waals surface area contributed by atoms with E-state index in [0.717, 1.165) is 25.9 Å². The van der Waals surface area contributed by atoms with Gasteiger partial charge in [0.05, 0.1) is 5.56 Å². The van der Waals surface area contributed by atoms with Crippen molar-refractivity contribution < 1.29 is 13.2 Å². The predicted molar refractivity (Wildman–Crippen MR) is 80.6 cm³/mol. The van der Waals surface area contributed by atoms with Crippen LogP contribution in [0.15, 0.2) is 24.3 Å². The summed E-state index contributed by atoms with van der Waals surface area (Å²) in [7, 11) is 0. The van der Waals surface area contributed by atoms with E-state index in [9.17, 15) is 13.2 Å². The Hall–Kier alpha value is -1.07. The number of benzene rings is 1. The first kappa shape index (κ1) is 15.8. The second-order valence-corrected chi connectivity index (χ2v) is 6.41. The lowest BCUT2D eigenvalue weighted by atomic mass is 10.0. The first-order chi connectivity index (χ1) is 10.5. The lowest BCUT2D eigenvalue weighted by Gasteiger charge is -2.37. The standard InChI is InChI=1S/C17H23F3N2/c18-17(19,20)16-6-2-1-5-14(16)13-21-11-7-15(8-12-21)22-9-3-4-10-22/h1-2,5-6,15H,3-4,7-13H2. The summed E-state index contributed by atoms with van der Waals surface area (Å²) in [6, 6.07) is 6.59. The number of rotatable bonds is 3. The van der Waals surface area contributed by atoms with Crippen LogP contribution >= 0.6 is 0 Å². The zero-order valence-corrected chi connectivity index (χ0v) is 12.8. The highest BCUT2D eigenvalue weighted by molar-refractivity contribution is 5.29. The van der Waals surface area contributed by atoms with Crippen LogP contribution in [0.4, 0.5) is 13.2 Å². The molecule has 0 amide bonds. The highest BCUT2D eigenvalue weighted by Gasteiger charge is 2.34. The van der Waals surface area contributed by atoms with E-state index in [-0.39, 0.29) is 0 Å². The summed E-state index contributed by atoms with van der Waals surface area (Å²) < 4.78 is 39.1. The van der Waals surface area contributed by atoms with E-state index in [1.165, 1.54) is 38.1 Å². The van der Waals surface area contributed by atoms with Crippen LogP contribution in [-0.2, 0) is 12.7 Å². The largest absolute Gasteiger partial charge is 0.416 e. The van der Waals surface area contributed by atoms with Crippen molar-refractivity contribution >= 4 is 0 Å². The fourth-order valence-electron chi connectivity index (χ4n) is 3.72. The first-order valence-electron chi connectivity index (χ1n) is 8.15. The smallest absolute Gasteiger partial charge is 0.300 e. The van der Waals surface area contributed by atoms with Crippen molar-refractivity contribution in [1.29, 1.82) is 0 Å². The van der Waals surface area contributed by atoms with Crippen molar-refractivity contribution in [2.75, 3.05) is 26.2 Å². The van der Waals surface area contributed by atoms with Crippen molar-refractivity contribution in [2.24, 2.45) is 0 Å². The SMILES string of the molecule is FC(F)(F)c1ccccc1CN1CCC(N2CCCC2)CC1. The van der Waals surface area contributed by atoms with Gasteiger partial charge >= 0.3 is 6.18 Å². The molecule has 0 aromatic heterocycles. The van der Waals surface area contributed by atoms with Crippen LogP contribution in [-0.4, -0.2) is 42.0 Å². The molecule has 5 heteroatoms. The van der Waals surface area contributed by atoms with Gasteiger partial charge in [-0.25, -0.2) is 0 Å². The summed E-state index contributed by atoms with van der Waals surface area (Å²) in [5.41, 5.74) is -0.0914. The topological polar surface area (TPSA) is 6.48 Å². The Balaban J connectivity index is 1.59. The van der Waals surface area contributed by atoms with Crippen LogP contribution in [0.1, 0.15) is 36.8 Å². The molecule has 0 atom stereocenters. The number of piperidine rings is 1. The second kappa shape index (κ2) is 6.59. The van der Waals surface area contributed by atoms with Crippen molar-refractivity contribution in [3.8, 4) is 0 Å². The van der Waals surface area contributed by atoms with Crippen LogP contribution in [0.2, 0.25) is 0 Å². The lowest BCUT2D eigenvalue weighted by molar-refractivity contribution is -0.138. The van der Waals surface area contributed by atoms with Gasteiger partial charge in [0, 0.05) is 12.6 Å². The molecule has 0 N–H and O–H groups in total. The van der Waals surface area contributed by atoms with Gasteiger partial charge in [-0.2, -0.15) is 13.2 Å². The Morgan fingerprint density at radius 2 is 1.59 bits per heavy atom. The third-order valence-corrected chi connectivity index (χ3v) is 4.93. The number of nitrogens with zero attached hydrogens (tertiary/aromatic N) is 2. The average molecular weight is 312 g/mol. The van der Waals surface area contributed by atoms with Gasteiger partial charge in [0.25, 0.3) is 0 Å². The van der Waals surface area contributed by atoms with E-state index in [2.05, 4.69) is 9.80 Å². The van der Waals surface area contributed by atoms with E-state index in [0.29, 0.717) is 18.2 Å². The number of alkyl halides is 3. The molecule has 0 saturated carbocycles. The van der Waals surface area contributed by atoms with Crippen molar-refractivity contribution in [2.45, 2.75) is 44.4 Å². The predicted octanol–water partition coefficient (Wildman–Crippen LogP) is 3.77. The van der Waals surface area contributed by atoms with Crippen molar-refractivity contribution in [3.63, 3.8) is 0 Å². The monoisotopic (exact) mass is 312 g/mol. The van der Waals surface area contributed by atoms with E-state index < -0.39 is 11.7 Å². The molecule has 2 heterocycles. The number of halogens is 3. The number of hydrogen-bond donors (Lipinski definition) is 0. The molecule has 122 valence electrons. The Kier molecular flexibility index (Phi) is 4.73. The molecule has 1 aromatic rings. The molecular formula is C17H23F3N2. The summed E-state index contributed by atoms with van der Waals surface area (Å²) >= 11 is 0. The molecule has 2 saturated heterocycles. The van der Waals surface area contributed by atoms with Crippen LogP contribution in [0, 0.1) is 0 Å². The summed E-state index contributed by atoms with van der Waals surface area (Å²) in [6.07, 6.45) is 0.477. The molecule has 0 aliphatic carbocycles. The summed E-state index contributed by atoms with van der Waals surface area (Å²) in [4.78, 5) is 4.72. The van der Waals surface area contributed by atoms with E-state index in [1.807, 2.05) is 0 Å². The summed E-state index contributed by atoms with van der Waals surface area (Å²) in [5.74, 6) is 0. The lowest BCUT2D eigenvalue weighted by Crippen LogP contribution is -2.43. The zero-order chi connectivity index (χ0) is 15.6. The van der Waals surface area contributed by atoms with E-state index >= 15 is 0 Å². The minimum atomic E-state index is -4.26. The van der Waals surface area contributed by atoms with Gasteiger partial charge in [-0.05, 0) is 63.5 Å². The fourth-order valence-corrected chi connectivity index (χ4v) is 3.72. The Labute approximate surface area is 129 Å². The zero-order valence-electron chi connectivity index (χ0n) is 12.8. The van der Waals surface area contributed by atoms with Crippen LogP contribution in [0.5, 0.6) is 0 Å². The molecule has 2 fully saturated rings. The molecule has 0 unspecified atom stereocenters. The van der Waals surface area contributed by atoms with E-state index in [4.69, 9.17) is 0 Å². The summed E-state index contributed by atoms with van der Waals surface area (Å²) in [6.45, 7) is 4.59. The minimum absolute atomic E-state index is 0.398. The van der Waals surface area contributed by atoms with Crippen molar-refractivity contribution in [1.82, 2.24) is 9.80 Å². The van der Waals surface area contributed by atoms with Crippen LogP contribution in [0.3, 0.4) is 0 Å². The summed E-state index contributed by atoms with van der Waals surface area (Å²) in [5, 5.41) is 0. The van der Waals surface area contributed by atoms with Gasteiger partial charge in [-0.15, -0.1) is 0 Å². The molecule has 2 nitrogen and oxygen atoms in total. The Bertz CT molecular complexity index is 487. The highest BCUT2D eigenvalue weighted by atomic mass is 19.4. The van der Waals surface area contributed by atoms with E-state index in [1.54, 1.807) is 12.1 Å². The molecule has 2 aliphatic heterocycles. The third kappa shape index (κ3) is 3.63. The maximum atomic E-state index is 13.0. The molecule has 3 rings (SSSR count). The molecular weight excluding hydrogens is 289 g/mol. The van der Waals surface area contributed by atoms with Gasteiger partial charge in [-0.1, -0.05) is 18.2 Å². The molecule has 0 radical (unpaired) electrons. The molecule has 2 aliphatic rings. The quantitative estimate of drug-likeness (QED) is 0.838. The van der Waals surface area contributed by atoms with Crippen LogP contribution < -0.4 is 0 Å². The van der Waals surface area contributed by atoms with Crippen molar-refractivity contribution in [3.05, 3.63) is 35.4 Å². The minimum Gasteiger partial charge on any atom is -0.300 e.